The molecule has 0 aliphatic carbocycles. The molecule has 0 amide bonds. The summed E-state index contributed by atoms with van der Waals surface area (Å²) in [5, 5.41) is 8.60. The van der Waals surface area contributed by atoms with Crippen LogP contribution in [0.3, 0.4) is 0 Å². The van der Waals surface area contributed by atoms with Crippen LogP contribution in [0.25, 0.3) is 0 Å². The second-order valence-corrected chi connectivity index (χ2v) is 3.41. The lowest BCUT2D eigenvalue weighted by molar-refractivity contribution is -0.137. The summed E-state index contributed by atoms with van der Waals surface area (Å²) in [6.07, 6.45) is 3.15. The van der Waals surface area contributed by atoms with E-state index in [0.29, 0.717) is 19.7 Å². The van der Waals surface area contributed by atoms with Gasteiger partial charge in [0, 0.05) is 19.2 Å². The summed E-state index contributed by atoms with van der Waals surface area (Å²) in [5.41, 5.74) is 0. The summed E-state index contributed by atoms with van der Waals surface area (Å²) in [6.45, 7) is 5.37. The number of esters is 1. The second kappa shape index (κ2) is 8.01. The molecule has 0 aliphatic heterocycles. The molecule has 0 bridgehead atoms. The Morgan fingerprint density at radius 1 is 1.67 bits per heavy atom. The summed E-state index contributed by atoms with van der Waals surface area (Å²) in [5.74, 6) is -0.315. The van der Waals surface area contributed by atoms with E-state index in [1.165, 1.54) is 6.08 Å². The van der Waals surface area contributed by atoms with E-state index in [0.717, 1.165) is 0 Å². The number of carbonyl (C=O) groups is 1. The summed E-state index contributed by atoms with van der Waals surface area (Å²) < 4.78 is 4.73. The van der Waals surface area contributed by atoms with Crippen molar-refractivity contribution < 1.29 is 9.53 Å². The molecule has 1 atom stereocenters. The van der Waals surface area contributed by atoms with Gasteiger partial charge < -0.3 is 9.64 Å². The maximum Gasteiger partial charge on any atom is 0.330 e. The van der Waals surface area contributed by atoms with Crippen molar-refractivity contribution in [1.29, 1.82) is 5.26 Å². The second-order valence-electron chi connectivity index (χ2n) is 3.41. The van der Waals surface area contributed by atoms with Gasteiger partial charge in [0.2, 0.25) is 0 Å². The summed E-state index contributed by atoms with van der Waals surface area (Å²) in [6, 6.07) is 2.16. The van der Waals surface area contributed by atoms with Gasteiger partial charge in [-0.05, 0) is 20.9 Å². The summed E-state index contributed by atoms with van der Waals surface area (Å²) in [7, 11) is 1.91. The molecule has 0 rings (SSSR count). The Bertz CT molecular complexity index is 256. The minimum atomic E-state index is -0.320. The minimum Gasteiger partial charge on any atom is -0.463 e. The first-order valence-electron chi connectivity index (χ1n) is 5.01. The van der Waals surface area contributed by atoms with E-state index in [2.05, 4.69) is 6.07 Å². The van der Waals surface area contributed by atoms with Gasteiger partial charge in [-0.25, -0.2) is 4.79 Å². The molecular weight excluding hydrogens is 192 g/mol. The third-order valence-corrected chi connectivity index (χ3v) is 1.76. The molecule has 0 spiro atoms. The van der Waals surface area contributed by atoms with Crippen LogP contribution in [-0.2, 0) is 9.53 Å². The Kier molecular flexibility index (Phi) is 7.29. The molecule has 0 saturated carbocycles. The van der Waals surface area contributed by atoms with Gasteiger partial charge in [0.25, 0.3) is 0 Å². The number of carbonyl (C=O) groups excluding carboxylic acids is 1. The lowest BCUT2D eigenvalue weighted by atomic mass is 10.2. The Balaban J connectivity index is 3.75. The molecule has 0 aromatic rings. The number of ether oxygens (including phenoxy) is 1. The van der Waals surface area contributed by atoms with Crippen LogP contribution >= 0.6 is 0 Å². The van der Waals surface area contributed by atoms with E-state index in [1.54, 1.807) is 13.0 Å². The van der Waals surface area contributed by atoms with Crippen molar-refractivity contribution in [2.45, 2.75) is 13.8 Å². The van der Waals surface area contributed by atoms with Crippen LogP contribution in [-0.4, -0.2) is 37.6 Å². The van der Waals surface area contributed by atoms with Crippen molar-refractivity contribution in [3.05, 3.63) is 12.2 Å². The fraction of sp³-hybridized carbons (Fsp3) is 0.636. The van der Waals surface area contributed by atoms with Crippen molar-refractivity contribution in [2.75, 3.05) is 26.7 Å². The predicted molar refractivity (Wildman–Crippen MR) is 58.0 cm³/mol. The number of nitrogens with zero attached hydrogens (tertiary/aromatic N) is 2. The first-order valence-corrected chi connectivity index (χ1v) is 5.01. The molecule has 4 nitrogen and oxygen atoms in total. The van der Waals surface area contributed by atoms with Gasteiger partial charge in [-0.2, -0.15) is 5.26 Å². The minimum absolute atomic E-state index is 0.00555. The van der Waals surface area contributed by atoms with Gasteiger partial charge in [-0.1, -0.05) is 6.08 Å². The van der Waals surface area contributed by atoms with Crippen molar-refractivity contribution in [2.24, 2.45) is 5.92 Å². The fourth-order valence-corrected chi connectivity index (χ4v) is 1.10. The Morgan fingerprint density at radius 2 is 2.33 bits per heavy atom. The van der Waals surface area contributed by atoms with Gasteiger partial charge in [0.1, 0.15) is 0 Å². The highest BCUT2D eigenvalue weighted by molar-refractivity contribution is 5.81. The van der Waals surface area contributed by atoms with Crippen molar-refractivity contribution in [1.82, 2.24) is 4.90 Å². The standard InChI is InChI=1S/C11H18N2O2/c1-4-15-11(14)6-5-7-13(3)9-10(2)8-12/h5-6,10H,4,7,9H2,1-3H3/b6-5+. The zero-order chi connectivity index (χ0) is 11.7. The van der Waals surface area contributed by atoms with E-state index in [9.17, 15) is 4.79 Å². The smallest absolute Gasteiger partial charge is 0.330 e. The Hall–Kier alpha value is -1.34. The summed E-state index contributed by atoms with van der Waals surface area (Å²) >= 11 is 0. The van der Waals surface area contributed by atoms with Gasteiger partial charge in [-0.15, -0.1) is 0 Å². The highest BCUT2D eigenvalue weighted by atomic mass is 16.5. The molecule has 0 aromatic heterocycles. The molecule has 0 aliphatic rings. The van der Waals surface area contributed by atoms with Crippen LogP contribution in [0.2, 0.25) is 0 Å². The lowest BCUT2D eigenvalue weighted by Crippen LogP contribution is -2.24. The van der Waals surface area contributed by atoms with Crippen LogP contribution in [0.15, 0.2) is 12.2 Å². The Morgan fingerprint density at radius 3 is 2.87 bits per heavy atom. The first-order chi connectivity index (χ1) is 7.10. The zero-order valence-corrected chi connectivity index (χ0v) is 9.56. The number of nitriles is 1. The van der Waals surface area contributed by atoms with Gasteiger partial charge in [0.15, 0.2) is 0 Å². The molecule has 0 aromatic carbocycles. The molecular formula is C11H18N2O2. The normalized spacial score (nSPS) is 12.7. The van der Waals surface area contributed by atoms with E-state index < -0.39 is 0 Å². The highest BCUT2D eigenvalue weighted by Gasteiger charge is 2.03. The molecule has 0 saturated heterocycles. The maximum atomic E-state index is 10.9. The molecule has 1 unspecified atom stereocenters. The number of likely N-dealkylation sites (N-methyl/N-ethyl adjacent to an activating group) is 1. The topological polar surface area (TPSA) is 53.3 Å². The van der Waals surface area contributed by atoms with E-state index >= 15 is 0 Å². The molecule has 0 N–H and O–H groups in total. The largest absolute Gasteiger partial charge is 0.463 e. The predicted octanol–water partition coefficient (Wildman–Crippen LogP) is 1.20. The SMILES string of the molecule is CCOC(=O)/C=C/CN(C)CC(C)C#N. The van der Waals surface area contributed by atoms with Gasteiger partial charge in [0.05, 0.1) is 18.6 Å². The van der Waals surface area contributed by atoms with Gasteiger partial charge in [-0.3, -0.25) is 0 Å². The van der Waals surface area contributed by atoms with Crippen LogP contribution < -0.4 is 0 Å². The molecule has 0 radical (unpaired) electrons. The molecule has 0 heterocycles. The van der Waals surface area contributed by atoms with Crippen LogP contribution in [0.1, 0.15) is 13.8 Å². The van der Waals surface area contributed by atoms with Crippen molar-refractivity contribution in [3.8, 4) is 6.07 Å². The Labute approximate surface area is 91.1 Å². The number of rotatable bonds is 6. The molecule has 4 heteroatoms. The first kappa shape index (κ1) is 13.7. The van der Waals surface area contributed by atoms with Crippen LogP contribution in [0.5, 0.6) is 0 Å². The molecule has 0 fully saturated rings. The average Bonchev–Trinajstić information content (AvgIpc) is 2.18. The van der Waals surface area contributed by atoms with E-state index in [1.807, 2.05) is 18.9 Å². The van der Waals surface area contributed by atoms with Crippen LogP contribution in [0, 0.1) is 17.2 Å². The molecule has 15 heavy (non-hydrogen) atoms. The number of hydrogen-bond donors (Lipinski definition) is 0. The third-order valence-electron chi connectivity index (χ3n) is 1.76. The average molecular weight is 210 g/mol. The molecule has 84 valence electrons. The lowest BCUT2D eigenvalue weighted by Gasteiger charge is -2.14. The quantitative estimate of drug-likeness (QED) is 0.488. The number of hydrogen-bond acceptors (Lipinski definition) is 4. The van der Waals surface area contributed by atoms with Crippen molar-refractivity contribution >= 4 is 5.97 Å². The van der Waals surface area contributed by atoms with Gasteiger partial charge >= 0.3 is 5.97 Å². The van der Waals surface area contributed by atoms with Crippen LogP contribution in [0.4, 0.5) is 0 Å². The van der Waals surface area contributed by atoms with E-state index in [4.69, 9.17) is 10.00 Å². The summed E-state index contributed by atoms with van der Waals surface area (Å²) in [4.78, 5) is 12.9. The zero-order valence-electron chi connectivity index (χ0n) is 9.56. The van der Waals surface area contributed by atoms with E-state index in [-0.39, 0.29) is 11.9 Å². The third kappa shape index (κ3) is 7.71. The highest BCUT2D eigenvalue weighted by Crippen LogP contribution is 1.95. The monoisotopic (exact) mass is 210 g/mol. The fourth-order valence-electron chi connectivity index (χ4n) is 1.10. The maximum absolute atomic E-state index is 10.9. The van der Waals surface area contributed by atoms with Crippen molar-refractivity contribution in [3.63, 3.8) is 0 Å².